The van der Waals surface area contributed by atoms with Gasteiger partial charge in [-0.15, -0.1) is 11.3 Å². The first-order chi connectivity index (χ1) is 14.6. The molecule has 3 heterocycles. The largest absolute Gasteiger partial charge is 0.372 e. The number of rotatable bonds is 4. The van der Waals surface area contributed by atoms with E-state index in [9.17, 15) is 9.59 Å². The summed E-state index contributed by atoms with van der Waals surface area (Å²) in [6.45, 7) is 4.41. The summed E-state index contributed by atoms with van der Waals surface area (Å²) in [4.78, 5) is 34.6. The second-order valence-electron chi connectivity index (χ2n) is 8.50. The molecule has 1 aromatic carbocycles. The van der Waals surface area contributed by atoms with Crippen molar-refractivity contribution in [3.05, 3.63) is 51.4 Å². The number of carbonyl (C=O) groups excluding carboxylic acids is 1. The third kappa shape index (κ3) is 3.62. The molecular formula is C23H26N4O2S. The zero-order chi connectivity index (χ0) is 20.7. The Balaban J connectivity index is 1.32. The Hall–Kier alpha value is -2.67. The van der Waals surface area contributed by atoms with Crippen LogP contribution in [0.5, 0.6) is 0 Å². The van der Waals surface area contributed by atoms with Crippen LogP contribution < -0.4 is 15.8 Å². The van der Waals surface area contributed by atoms with Crippen LogP contribution >= 0.6 is 11.3 Å². The van der Waals surface area contributed by atoms with Crippen molar-refractivity contribution in [2.75, 3.05) is 23.3 Å². The van der Waals surface area contributed by atoms with E-state index in [1.54, 1.807) is 11.3 Å². The Bertz CT molecular complexity index is 1140. The number of fused-ring (bicyclic) bond motifs is 3. The van der Waals surface area contributed by atoms with Gasteiger partial charge in [0.05, 0.1) is 11.7 Å². The van der Waals surface area contributed by atoms with E-state index < -0.39 is 0 Å². The molecule has 1 N–H and O–H groups in total. The molecule has 1 saturated heterocycles. The van der Waals surface area contributed by atoms with Crippen LogP contribution in [0.1, 0.15) is 36.6 Å². The van der Waals surface area contributed by atoms with Gasteiger partial charge in [0.2, 0.25) is 5.91 Å². The fourth-order valence-corrected chi connectivity index (χ4v) is 5.91. The summed E-state index contributed by atoms with van der Waals surface area (Å²) in [5.74, 6) is 0.431. The van der Waals surface area contributed by atoms with Crippen molar-refractivity contribution in [3.8, 4) is 0 Å². The highest BCUT2D eigenvalue weighted by atomic mass is 32.1. The highest BCUT2D eigenvalue weighted by Crippen LogP contribution is 2.35. The standard InChI is InChI=1S/C23H26N4O2S/c1-15-4-9-18-19(12-15)30-22-21(18)23(29)27(14-24-22)13-20(28)25-16-5-7-17(8-6-16)26-10-2-3-11-26/h5-8,14-15H,2-4,9-13H2,1H3,(H,25,28)/t15-/m1/s1. The van der Waals surface area contributed by atoms with Crippen LogP contribution in [0.25, 0.3) is 10.2 Å². The normalized spacial score (nSPS) is 18.6. The molecule has 3 aromatic rings. The molecule has 156 valence electrons. The monoisotopic (exact) mass is 422 g/mol. The first-order valence-corrected chi connectivity index (χ1v) is 11.5. The minimum absolute atomic E-state index is 0.0311. The summed E-state index contributed by atoms with van der Waals surface area (Å²) < 4.78 is 1.43. The maximum absolute atomic E-state index is 13.1. The van der Waals surface area contributed by atoms with Gasteiger partial charge < -0.3 is 10.2 Å². The van der Waals surface area contributed by atoms with Crippen LogP contribution in [-0.4, -0.2) is 28.5 Å². The molecule has 1 aliphatic heterocycles. The minimum atomic E-state index is -0.218. The molecule has 2 aliphatic rings. The first-order valence-electron chi connectivity index (χ1n) is 10.7. The number of hydrogen-bond donors (Lipinski definition) is 1. The molecule has 1 fully saturated rings. The van der Waals surface area contributed by atoms with Crippen molar-refractivity contribution in [1.82, 2.24) is 9.55 Å². The van der Waals surface area contributed by atoms with E-state index in [4.69, 9.17) is 0 Å². The van der Waals surface area contributed by atoms with Crippen molar-refractivity contribution in [1.29, 1.82) is 0 Å². The molecule has 0 unspecified atom stereocenters. The fourth-order valence-electron chi connectivity index (χ4n) is 4.56. The number of nitrogens with zero attached hydrogens (tertiary/aromatic N) is 3. The number of amides is 1. The third-order valence-electron chi connectivity index (χ3n) is 6.22. The average Bonchev–Trinajstić information content (AvgIpc) is 3.38. The fraction of sp³-hybridized carbons (Fsp3) is 0.435. The topological polar surface area (TPSA) is 67.2 Å². The Morgan fingerprint density at radius 3 is 2.77 bits per heavy atom. The number of anilines is 2. The summed E-state index contributed by atoms with van der Waals surface area (Å²) in [5, 5.41) is 3.62. The maximum Gasteiger partial charge on any atom is 0.262 e. The number of aryl methyl sites for hydroxylation is 1. The van der Waals surface area contributed by atoms with E-state index in [1.807, 2.05) is 24.3 Å². The van der Waals surface area contributed by atoms with Crippen molar-refractivity contribution in [2.45, 2.75) is 45.6 Å². The summed E-state index contributed by atoms with van der Waals surface area (Å²) in [6, 6.07) is 7.93. The number of benzene rings is 1. The maximum atomic E-state index is 13.1. The number of hydrogen-bond acceptors (Lipinski definition) is 5. The molecule has 0 saturated carbocycles. The van der Waals surface area contributed by atoms with Crippen LogP contribution in [0.2, 0.25) is 0 Å². The summed E-state index contributed by atoms with van der Waals surface area (Å²) in [5.41, 5.74) is 2.98. The highest BCUT2D eigenvalue weighted by Gasteiger charge is 2.23. The number of nitrogens with one attached hydrogen (secondary N) is 1. The van der Waals surface area contributed by atoms with Gasteiger partial charge in [-0.25, -0.2) is 4.98 Å². The molecule has 0 bridgehead atoms. The van der Waals surface area contributed by atoms with Gasteiger partial charge in [0.25, 0.3) is 5.56 Å². The van der Waals surface area contributed by atoms with Crippen LogP contribution in [0.3, 0.4) is 0 Å². The molecule has 7 heteroatoms. The second kappa shape index (κ2) is 7.87. The van der Waals surface area contributed by atoms with Gasteiger partial charge in [0.1, 0.15) is 11.4 Å². The zero-order valence-corrected chi connectivity index (χ0v) is 18.0. The Morgan fingerprint density at radius 2 is 2.00 bits per heavy atom. The van der Waals surface area contributed by atoms with Crippen LogP contribution in [0, 0.1) is 5.92 Å². The molecule has 5 rings (SSSR count). The number of carbonyl (C=O) groups is 1. The Labute approximate surface area is 179 Å². The molecule has 1 amide bonds. The van der Waals surface area contributed by atoms with Crippen LogP contribution in [-0.2, 0) is 24.2 Å². The van der Waals surface area contributed by atoms with E-state index >= 15 is 0 Å². The van der Waals surface area contributed by atoms with Gasteiger partial charge in [-0.1, -0.05) is 6.92 Å². The van der Waals surface area contributed by atoms with E-state index in [2.05, 4.69) is 22.1 Å². The lowest BCUT2D eigenvalue weighted by molar-refractivity contribution is -0.116. The molecular weight excluding hydrogens is 396 g/mol. The summed E-state index contributed by atoms with van der Waals surface area (Å²) >= 11 is 1.63. The van der Waals surface area contributed by atoms with E-state index in [-0.39, 0.29) is 18.0 Å². The molecule has 0 spiro atoms. The van der Waals surface area contributed by atoms with E-state index in [0.29, 0.717) is 11.3 Å². The van der Waals surface area contributed by atoms with Gasteiger partial charge in [-0.2, -0.15) is 0 Å². The number of aromatic nitrogens is 2. The van der Waals surface area contributed by atoms with Gasteiger partial charge in [0.15, 0.2) is 0 Å². The van der Waals surface area contributed by atoms with Gasteiger partial charge in [-0.3, -0.25) is 14.2 Å². The van der Waals surface area contributed by atoms with Gasteiger partial charge in [-0.05, 0) is 67.9 Å². The van der Waals surface area contributed by atoms with Crippen molar-refractivity contribution in [3.63, 3.8) is 0 Å². The van der Waals surface area contributed by atoms with Crippen molar-refractivity contribution in [2.24, 2.45) is 5.92 Å². The molecule has 6 nitrogen and oxygen atoms in total. The summed E-state index contributed by atoms with van der Waals surface area (Å²) in [6.07, 6.45) is 7.01. The molecule has 0 radical (unpaired) electrons. The second-order valence-corrected chi connectivity index (χ2v) is 9.58. The Kier molecular flexibility index (Phi) is 5.06. The highest BCUT2D eigenvalue weighted by molar-refractivity contribution is 7.18. The lowest BCUT2D eigenvalue weighted by atomic mass is 9.89. The quantitative estimate of drug-likeness (QED) is 0.694. The summed E-state index contributed by atoms with van der Waals surface area (Å²) in [7, 11) is 0. The molecule has 1 aliphatic carbocycles. The lowest BCUT2D eigenvalue weighted by Gasteiger charge is -2.18. The van der Waals surface area contributed by atoms with Crippen molar-refractivity contribution < 1.29 is 4.79 Å². The molecule has 2 aromatic heterocycles. The van der Waals surface area contributed by atoms with Gasteiger partial charge >= 0.3 is 0 Å². The van der Waals surface area contributed by atoms with Crippen LogP contribution in [0.4, 0.5) is 11.4 Å². The van der Waals surface area contributed by atoms with E-state index in [1.165, 1.54) is 34.3 Å². The molecule has 30 heavy (non-hydrogen) atoms. The van der Waals surface area contributed by atoms with Gasteiger partial charge in [0, 0.05) is 29.3 Å². The predicted molar refractivity (Wildman–Crippen MR) is 122 cm³/mol. The molecule has 1 atom stereocenters. The third-order valence-corrected chi connectivity index (χ3v) is 7.38. The van der Waals surface area contributed by atoms with E-state index in [0.717, 1.165) is 48.4 Å². The lowest BCUT2D eigenvalue weighted by Crippen LogP contribution is -2.28. The SMILES string of the molecule is C[C@@H]1CCc2c(sc3ncn(CC(=O)Nc4ccc(N5CCCC5)cc4)c(=O)c23)C1. The minimum Gasteiger partial charge on any atom is -0.372 e. The zero-order valence-electron chi connectivity index (χ0n) is 17.2. The number of thiophene rings is 1. The Morgan fingerprint density at radius 1 is 1.23 bits per heavy atom. The van der Waals surface area contributed by atoms with Crippen molar-refractivity contribution >= 4 is 38.8 Å². The smallest absolute Gasteiger partial charge is 0.262 e. The van der Waals surface area contributed by atoms with Crippen LogP contribution in [0.15, 0.2) is 35.4 Å². The first kappa shape index (κ1) is 19.3. The average molecular weight is 423 g/mol. The predicted octanol–water partition coefficient (Wildman–Crippen LogP) is 3.82.